The lowest BCUT2D eigenvalue weighted by atomic mass is 10.0. The number of benzene rings is 1. The van der Waals surface area contributed by atoms with E-state index < -0.39 is 0 Å². The van der Waals surface area contributed by atoms with Crippen LogP contribution in [0.2, 0.25) is 0 Å². The second kappa shape index (κ2) is 6.10. The molecule has 0 radical (unpaired) electrons. The Morgan fingerprint density at radius 1 is 1.30 bits per heavy atom. The van der Waals surface area contributed by atoms with E-state index in [-0.39, 0.29) is 11.5 Å². The molecule has 1 aromatic carbocycles. The molecule has 7 heteroatoms. The molecule has 0 bridgehead atoms. The van der Waals surface area contributed by atoms with E-state index in [4.69, 9.17) is 5.73 Å². The number of hydrogen-bond donors (Lipinski definition) is 3. The molecular formula is C16H19N5OS. The molecule has 3 aromatic rings. The van der Waals surface area contributed by atoms with Gasteiger partial charge in [0.2, 0.25) is 5.13 Å². The van der Waals surface area contributed by atoms with Gasteiger partial charge in [-0.2, -0.15) is 0 Å². The third-order valence-corrected chi connectivity index (χ3v) is 4.82. The topological polar surface area (TPSA) is 96.7 Å². The maximum absolute atomic E-state index is 12.4. The molecule has 3 rings (SSSR count). The summed E-state index contributed by atoms with van der Waals surface area (Å²) < 4.78 is 0. The van der Waals surface area contributed by atoms with Crippen molar-refractivity contribution in [2.24, 2.45) is 0 Å². The van der Waals surface area contributed by atoms with Crippen LogP contribution in [0.25, 0.3) is 10.9 Å². The number of nitrogens with zero attached hydrogens (tertiary/aromatic N) is 2. The van der Waals surface area contributed by atoms with E-state index in [1.165, 1.54) is 11.3 Å². The number of aryl methyl sites for hydroxylation is 2. The van der Waals surface area contributed by atoms with Crippen LogP contribution in [0.5, 0.6) is 0 Å². The molecule has 23 heavy (non-hydrogen) atoms. The van der Waals surface area contributed by atoms with Crippen molar-refractivity contribution >= 4 is 27.4 Å². The average Bonchev–Trinajstić information content (AvgIpc) is 2.95. The number of nitrogens with one attached hydrogen (secondary N) is 2. The van der Waals surface area contributed by atoms with Crippen LogP contribution in [0.1, 0.15) is 34.8 Å². The van der Waals surface area contributed by atoms with Crippen molar-refractivity contribution in [3.63, 3.8) is 0 Å². The van der Waals surface area contributed by atoms with Crippen LogP contribution in [0, 0.1) is 13.8 Å². The van der Waals surface area contributed by atoms with Gasteiger partial charge >= 0.3 is 0 Å². The third kappa shape index (κ3) is 3.11. The number of aromatic nitrogens is 3. The van der Waals surface area contributed by atoms with Gasteiger partial charge in [0.05, 0.1) is 11.6 Å². The van der Waals surface area contributed by atoms with Crippen molar-refractivity contribution in [2.75, 3.05) is 5.73 Å². The second-order valence-corrected chi connectivity index (χ2v) is 6.73. The number of nitrogen functional groups attached to an aromatic ring is 1. The number of rotatable bonds is 4. The minimum Gasteiger partial charge on any atom is -0.374 e. The van der Waals surface area contributed by atoms with Gasteiger partial charge in [0, 0.05) is 23.7 Å². The summed E-state index contributed by atoms with van der Waals surface area (Å²) in [5.41, 5.74) is 9.46. The van der Waals surface area contributed by atoms with Crippen LogP contribution in [-0.4, -0.2) is 15.2 Å². The van der Waals surface area contributed by atoms with Crippen LogP contribution in [-0.2, 0) is 6.54 Å². The molecule has 6 nitrogen and oxygen atoms in total. The Balaban J connectivity index is 1.86. The molecule has 0 amide bonds. The van der Waals surface area contributed by atoms with Crippen molar-refractivity contribution < 1.29 is 0 Å². The van der Waals surface area contributed by atoms with Crippen molar-refractivity contribution in [1.82, 2.24) is 20.5 Å². The Bertz CT molecular complexity index is 914. The van der Waals surface area contributed by atoms with Crippen molar-refractivity contribution in [3.05, 3.63) is 50.3 Å². The minimum atomic E-state index is 0.0163. The normalized spacial score (nSPS) is 12.7. The first-order valence-electron chi connectivity index (χ1n) is 7.40. The number of H-pyrrole nitrogens is 1. The Kier molecular flexibility index (Phi) is 4.14. The zero-order chi connectivity index (χ0) is 16.6. The van der Waals surface area contributed by atoms with E-state index in [0.717, 1.165) is 32.7 Å². The molecule has 0 spiro atoms. The van der Waals surface area contributed by atoms with Crippen molar-refractivity contribution in [2.45, 2.75) is 33.4 Å². The highest BCUT2D eigenvalue weighted by Crippen LogP contribution is 2.20. The Morgan fingerprint density at radius 2 is 2.04 bits per heavy atom. The van der Waals surface area contributed by atoms with E-state index >= 15 is 0 Å². The summed E-state index contributed by atoms with van der Waals surface area (Å²) in [7, 11) is 0. The number of pyridine rings is 1. The smallest absolute Gasteiger partial charge is 0.203 e. The number of nitrogens with two attached hydrogens (primary N) is 1. The lowest BCUT2D eigenvalue weighted by molar-refractivity contribution is 0.561. The number of fused-ring (bicyclic) bond motifs is 1. The Hall–Kier alpha value is -2.25. The molecule has 0 saturated heterocycles. The summed E-state index contributed by atoms with van der Waals surface area (Å²) in [6, 6.07) is 5.68. The fraction of sp³-hybridized carbons (Fsp3) is 0.312. The molecule has 1 unspecified atom stereocenters. The van der Waals surface area contributed by atoms with Gasteiger partial charge in [-0.3, -0.25) is 4.79 Å². The first-order chi connectivity index (χ1) is 11.0. The van der Waals surface area contributed by atoms with Gasteiger partial charge in [-0.1, -0.05) is 23.5 Å². The van der Waals surface area contributed by atoms with E-state index in [9.17, 15) is 4.79 Å². The molecule has 0 aliphatic carbocycles. The lowest BCUT2D eigenvalue weighted by Crippen LogP contribution is -2.20. The molecule has 2 aromatic heterocycles. The van der Waals surface area contributed by atoms with Gasteiger partial charge in [0.25, 0.3) is 0 Å². The first-order valence-corrected chi connectivity index (χ1v) is 8.21. The van der Waals surface area contributed by atoms with Crippen LogP contribution >= 0.6 is 11.3 Å². The van der Waals surface area contributed by atoms with E-state index in [1.807, 2.05) is 32.9 Å². The van der Waals surface area contributed by atoms with E-state index in [0.29, 0.717) is 11.7 Å². The van der Waals surface area contributed by atoms with E-state index in [1.54, 1.807) is 6.07 Å². The molecule has 0 aliphatic heterocycles. The summed E-state index contributed by atoms with van der Waals surface area (Å²) in [6.07, 6.45) is 0. The maximum atomic E-state index is 12.4. The summed E-state index contributed by atoms with van der Waals surface area (Å²) in [5.74, 6) is 0. The highest BCUT2D eigenvalue weighted by molar-refractivity contribution is 7.15. The fourth-order valence-electron chi connectivity index (χ4n) is 2.58. The summed E-state index contributed by atoms with van der Waals surface area (Å²) in [6.45, 7) is 6.49. The monoisotopic (exact) mass is 329 g/mol. The number of hydrogen-bond acceptors (Lipinski definition) is 6. The van der Waals surface area contributed by atoms with Gasteiger partial charge in [0.1, 0.15) is 5.01 Å². The predicted molar refractivity (Wildman–Crippen MR) is 93.6 cm³/mol. The quantitative estimate of drug-likeness (QED) is 0.683. The van der Waals surface area contributed by atoms with Crippen molar-refractivity contribution in [1.29, 1.82) is 0 Å². The number of anilines is 1. The Morgan fingerprint density at radius 3 is 2.74 bits per heavy atom. The second-order valence-electron chi connectivity index (χ2n) is 5.69. The van der Waals surface area contributed by atoms with Crippen LogP contribution < -0.4 is 16.5 Å². The van der Waals surface area contributed by atoms with Gasteiger partial charge in [0.15, 0.2) is 5.43 Å². The zero-order valence-electron chi connectivity index (χ0n) is 13.3. The van der Waals surface area contributed by atoms with Gasteiger partial charge < -0.3 is 16.0 Å². The highest BCUT2D eigenvalue weighted by atomic mass is 32.1. The Labute approximate surface area is 137 Å². The molecule has 0 fully saturated rings. The summed E-state index contributed by atoms with van der Waals surface area (Å²) >= 11 is 1.36. The largest absolute Gasteiger partial charge is 0.374 e. The first kappa shape index (κ1) is 15.6. The molecular weight excluding hydrogens is 310 g/mol. The number of aromatic amines is 1. The van der Waals surface area contributed by atoms with Gasteiger partial charge in [-0.15, -0.1) is 10.2 Å². The molecule has 4 N–H and O–H groups in total. The van der Waals surface area contributed by atoms with E-state index in [2.05, 4.69) is 20.5 Å². The molecule has 120 valence electrons. The third-order valence-electron chi connectivity index (χ3n) is 3.88. The van der Waals surface area contributed by atoms with Gasteiger partial charge in [-0.05, 0) is 31.9 Å². The molecule has 1 atom stereocenters. The average molecular weight is 329 g/mol. The minimum absolute atomic E-state index is 0.0163. The zero-order valence-corrected chi connectivity index (χ0v) is 14.1. The van der Waals surface area contributed by atoms with Crippen LogP contribution in [0.3, 0.4) is 0 Å². The SMILES string of the molecule is Cc1ccc(C)c2c(=O)cc(CNC(C)c3nnc(N)s3)[nH]c12. The fourth-order valence-corrected chi connectivity index (χ4v) is 3.22. The predicted octanol–water partition coefficient (Wildman–Crippen LogP) is 2.43. The molecule has 0 aliphatic rings. The van der Waals surface area contributed by atoms with Gasteiger partial charge in [-0.25, -0.2) is 0 Å². The molecule has 0 saturated carbocycles. The maximum Gasteiger partial charge on any atom is 0.203 e. The standard InChI is InChI=1S/C16H19N5OS/c1-8-4-5-9(2)14-13(8)12(22)6-11(19-14)7-18-10(3)15-20-21-16(17)23-15/h4-6,10,18H,7H2,1-3H3,(H2,17,21)(H,19,22). The van der Waals surface area contributed by atoms with Crippen molar-refractivity contribution in [3.8, 4) is 0 Å². The molecule has 2 heterocycles. The van der Waals surface area contributed by atoms with Crippen LogP contribution in [0.15, 0.2) is 23.0 Å². The van der Waals surface area contributed by atoms with Crippen LogP contribution in [0.4, 0.5) is 5.13 Å². The summed E-state index contributed by atoms with van der Waals surface area (Å²) in [4.78, 5) is 15.8. The highest BCUT2D eigenvalue weighted by Gasteiger charge is 2.12. The summed E-state index contributed by atoms with van der Waals surface area (Å²) in [5, 5.41) is 13.2. The lowest BCUT2D eigenvalue weighted by Gasteiger charge is -2.12.